The number of nitrogens with zero attached hydrogens (tertiary/aromatic N) is 2. The fourth-order valence-corrected chi connectivity index (χ4v) is 0.917. The number of hydrogen-bond donors (Lipinski definition) is 2. The molecule has 1 aromatic rings. The Morgan fingerprint density at radius 3 is 2.71 bits per heavy atom. The molecule has 0 saturated heterocycles. The summed E-state index contributed by atoms with van der Waals surface area (Å²) in [6.07, 6.45) is 3.15. The third kappa shape index (κ3) is 2.09. The van der Waals surface area contributed by atoms with E-state index in [2.05, 4.69) is 10.3 Å². The fraction of sp³-hybridized carbons (Fsp3) is 0.375. The van der Waals surface area contributed by atoms with Crippen molar-refractivity contribution in [3.8, 4) is 0 Å². The number of aromatic nitrogens is 2. The second-order valence-corrected chi connectivity index (χ2v) is 2.96. The molecule has 0 saturated carbocycles. The Morgan fingerprint density at radius 2 is 2.29 bits per heavy atom. The first-order valence-corrected chi connectivity index (χ1v) is 4.10. The molecule has 0 aliphatic carbocycles. The number of nitrogens with one attached hydrogen (secondary N) is 1. The predicted octanol–water partition coefficient (Wildman–Crippen LogP) is -0.976. The topological polar surface area (TPSA) is 90.0 Å². The van der Waals surface area contributed by atoms with Gasteiger partial charge in [0.1, 0.15) is 6.04 Å². The number of rotatable bonds is 3. The van der Waals surface area contributed by atoms with Crippen molar-refractivity contribution in [1.29, 1.82) is 0 Å². The van der Waals surface area contributed by atoms with Gasteiger partial charge in [-0.2, -0.15) is 0 Å². The summed E-state index contributed by atoms with van der Waals surface area (Å²) < 4.78 is 1.56. The van der Waals surface area contributed by atoms with Gasteiger partial charge in [0.05, 0.1) is 0 Å². The minimum absolute atomic E-state index is 0.248. The van der Waals surface area contributed by atoms with Gasteiger partial charge >= 0.3 is 0 Å². The molecule has 1 rings (SSSR count). The summed E-state index contributed by atoms with van der Waals surface area (Å²) >= 11 is 0. The molecule has 3 N–H and O–H groups in total. The Morgan fingerprint density at radius 1 is 1.64 bits per heavy atom. The van der Waals surface area contributed by atoms with Crippen molar-refractivity contribution in [3.05, 3.63) is 18.2 Å². The van der Waals surface area contributed by atoms with Crippen LogP contribution in [0.15, 0.2) is 12.4 Å². The van der Waals surface area contributed by atoms with Crippen molar-refractivity contribution in [2.75, 3.05) is 0 Å². The molecule has 1 atom stereocenters. The number of hydrogen-bond acceptors (Lipinski definition) is 3. The first-order valence-electron chi connectivity index (χ1n) is 4.10. The van der Waals surface area contributed by atoms with E-state index >= 15 is 0 Å². The average molecular weight is 196 g/mol. The SMILES string of the molecule is CC(NC(=O)c1nccn1C)C(N)=O. The first kappa shape index (κ1) is 10.2. The molecular weight excluding hydrogens is 184 g/mol. The largest absolute Gasteiger partial charge is 0.368 e. The summed E-state index contributed by atoms with van der Waals surface area (Å²) in [5.74, 6) is -0.741. The van der Waals surface area contributed by atoms with E-state index in [1.807, 2.05) is 0 Å². The number of carbonyl (C=O) groups excluding carboxylic acids is 2. The van der Waals surface area contributed by atoms with Gasteiger partial charge < -0.3 is 15.6 Å². The molecule has 1 unspecified atom stereocenters. The van der Waals surface area contributed by atoms with E-state index in [0.717, 1.165) is 0 Å². The number of amides is 2. The molecule has 0 radical (unpaired) electrons. The van der Waals surface area contributed by atoms with Crippen LogP contribution in [0.4, 0.5) is 0 Å². The fourth-order valence-electron chi connectivity index (χ4n) is 0.917. The van der Waals surface area contributed by atoms with Gasteiger partial charge in [-0.25, -0.2) is 4.98 Å². The zero-order chi connectivity index (χ0) is 10.7. The van der Waals surface area contributed by atoms with E-state index in [0.29, 0.717) is 0 Å². The van der Waals surface area contributed by atoms with E-state index in [9.17, 15) is 9.59 Å². The van der Waals surface area contributed by atoms with Crippen molar-refractivity contribution < 1.29 is 9.59 Å². The Labute approximate surface area is 81.1 Å². The first-order chi connectivity index (χ1) is 6.52. The molecule has 0 bridgehead atoms. The van der Waals surface area contributed by atoms with Crippen LogP contribution < -0.4 is 11.1 Å². The average Bonchev–Trinajstić information content (AvgIpc) is 2.51. The lowest BCUT2D eigenvalue weighted by atomic mass is 10.3. The molecule has 2 amide bonds. The monoisotopic (exact) mass is 196 g/mol. The molecule has 0 fully saturated rings. The molecule has 0 spiro atoms. The summed E-state index contributed by atoms with van der Waals surface area (Å²) in [4.78, 5) is 25.9. The second-order valence-electron chi connectivity index (χ2n) is 2.96. The normalized spacial score (nSPS) is 12.1. The summed E-state index contributed by atoms with van der Waals surface area (Å²) in [6, 6.07) is -0.695. The second kappa shape index (κ2) is 3.91. The molecule has 6 nitrogen and oxygen atoms in total. The predicted molar refractivity (Wildman–Crippen MR) is 49.3 cm³/mol. The van der Waals surface area contributed by atoms with E-state index < -0.39 is 17.9 Å². The highest BCUT2D eigenvalue weighted by Crippen LogP contribution is 1.94. The van der Waals surface area contributed by atoms with Gasteiger partial charge in [0.2, 0.25) is 5.91 Å². The van der Waals surface area contributed by atoms with Gasteiger partial charge in [-0.05, 0) is 6.92 Å². The van der Waals surface area contributed by atoms with E-state index in [1.54, 1.807) is 17.8 Å². The van der Waals surface area contributed by atoms with Gasteiger partial charge in [-0.1, -0.05) is 0 Å². The minimum atomic E-state index is -0.695. The van der Waals surface area contributed by atoms with E-state index in [-0.39, 0.29) is 5.82 Å². The van der Waals surface area contributed by atoms with Crippen molar-refractivity contribution >= 4 is 11.8 Å². The highest BCUT2D eigenvalue weighted by molar-refractivity contribution is 5.94. The Hall–Kier alpha value is -1.85. The van der Waals surface area contributed by atoms with Gasteiger partial charge in [0.15, 0.2) is 5.82 Å². The maximum Gasteiger partial charge on any atom is 0.287 e. The lowest BCUT2D eigenvalue weighted by Gasteiger charge is -2.09. The summed E-state index contributed by atoms with van der Waals surface area (Å²) in [5, 5.41) is 2.43. The lowest BCUT2D eigenvalue weighted by Crippen LogP contribution is -2.42. The van der Waals surface area contributed by atoms with Crippen LogP contribution in [0.1, 0.15) is 17.5 Å². The van der Waals surface area contributed by atoms with Crippen molar-refractivity contribution in [3.63, 3.8) is 0 Å². The van der Waals surface area contributed by atoms with Crippen LogP contribution in [0.2, 0.25) is 0 Å². The smallest absolute Gasteiger partial charge is 0.287 e. The van der Waals surface area contributed by atoms with E-state index in [4.69, 9.17) is 5.73 Å². The quantitative estimate of drug-likeness (QED) is 0.651. The molecule has 14 heavy (non-hydrogen) atoms. The van der Waals surface area contributed by atoms with Crippen LogP contribution in [0, 0.1) is 0 Å². The maximum atomic E-state index is 11.4. The molecule has 0 aliphatic rings. The van der Waals surface area contributed by atoms with Crippen LogP contribution >= 0.6 is 0 Å². The molecular formula is C8H12N4O2. The molecule has 1 heterocycles. The zero-order valence-corrected chi connectivity index (χ0v) is 8.02. The van der Waals surface area contributed by atoms with Crippen molar-refractivity contribution in [2.45, 2.75) is 13.0 Å². The molecule has 76 valence electrons. The van der Waals surface area contributed by atoms with Gasteiger partial charge in [0.25, 0.3) is 5.91 Å². The van der Waals surface area contributed by atoms with Crippen LogP contribution in [0.25, 0.3) is 0 Å². The zero-order valence-electron chi connectivity index (χ0n) is 8.02. The van der Waals surface area contributed by atoms with Crippen molar-refractivity contribution in [2.24, 2.45) is 12.8 Å². The van der Waals surface area contributed by atoms with Gasteiger partial charge in [-0.15, -0.1) is 0 Å². The van der Waals surface area contributed by atoms with Crippen LogP contribution in [-0.4, -0.2) is 27.4 Å². The Kier molecular flexibility index (Phi) is 2.85. The standard InChI is InChI=1S/C8H12N4O2/c1-5(6(9)13)11-8(14)7-10-3-4-12(7)2/h3-5H,1-2H3,(H2,9,13)(H,11,14). The lowest BCUT2D eigenvalue weighted by molar-refractivity contribution is -0.119. The van der Waals surface area contributed by atoms with Gasteiger partial charge in [0, 0.05) is 19.4 Å². The highest BCUT2D eigenvalue weighted by Gasteiger charge is 2.16. The molecule has 0 aromatic carbocycles. The number of nitrogens with two attached hydrogens (primary N) is 1. The molecule has 6 heteroatoms. The highest BCUT2D eigenvalue weighted by atomic mass is 16.2. The number of imidazole rings is 1. The molecule has 1 aromatic heterocycles. The third-order valence-electron chi connectivity index (χ3n) is 1.80. The summed E-state index contributed by atoms with van der Waals surface area (Å²) in [6.45, 7) is 1.52. The summed E-state index contributed by atoms with van der Waals surface area (Å²) in [7, 11) is 1.69. The number of aryl methyl sites for hydroxylation is 1. The molecule has 0 aliphatic heterocycles. The maximum absolute atomic E-state index is 11.4. The Balaban J connectivity index is 2.69. The number of primary amides is 1. The van der Waals surface area contributed by atoms with Gasteiger partial charge in [-0.3, -0.25) is 9.59 Å². The van der Waals surface area contributed by atoms with Crippen LogP contribution in [-0.2, 0) is 11.8 Å². The van der Waals surface area contributed by atoms with Crippen molar-refractivity contribution in [1.82, 2.24) is 14.9 Å². The minimum Gasteiger partial charge on any atom is -0.368 e. The summed E-state index contributed by atoms with van der Waals surface area (Å²) in [5.41, 5.74) is 4.99. The van der Waals surface area contributed by atoms with E-state index in [1.165, 1.54) is 13.1 Å². The van der Waals surface area contributed by atoms with Crippen LogP contribution in [0.5, 0.6) is 0 Å². The third-order valence-corrected chi connectivity index (χ3v) is 1.80. The Bertz CT molecular complexity index is 358. The number of carbonyl (C=O) groups is 2. The van der Waals surface area contributed by atoms with Crippen LogP contribution in [0.3, 0.4) is 0 Å².